The van der Waals surface area contributed by atoms with Crippen LogP contribution >= 0.6 is 0 Å². The van der Waals surface area contributed by atoms with Gasteiger partial charge in [-0.1, -0.05) is 37.5 Å². The maximum Gasteiger partial charge on any atom is 0.317 e. The number of amides is 2. The minimum atomic E-state index is -0.105. The lowest BCUT2D eigenvalue weighted by Crippen LogP contribution is -2.53. The number of benzene rings is 1. The molecule has 1 aromatic carbocycles. The number of carbonyl (C=O) groups is 1. The van der Waals surface area contributed by atoms with E-state index in [0.717, 1.165) is 64.0 Å². The Morgan fingerprint density at radius 3 is 2.52 bits per heavy atom. The Labute approximate surface area is 150 Å². The van der Waals surface area contributed by atoms with E-state index in [2.05, 4.69) is 10.2 Å². The molecule has 0 radical (unpaired) electrons. The van der Waals surface area contributed by atoms with Gasteiger partial charge in [-0.3, -0.25) is 4.90 Å². The molecule has 1 aliphatic carbocycles. The van der Waals surface area contributed by atoms with Gasteiger partial charge in [-0.05, 0) is 43.9 Å². The summed E-state index contributed by atoms with van der Waals surface area (Å²) in [7, 11) is 0. The van der Waals surface area contributed by atoms with Crippen molar-refractivity contribution in [3.8, 4) is 0 Å². The molecule has 2 fully saturated rings. The number of aryl methyl sites for hydroxylation is 1. The second kappa shape index (κ2) is 9.18. The summed E-state index contributed by atoms with van der Waals surface area (Å²) >= 11 is 0. The van der Waals surface area contributed by atoms with Crippen LogP contribution in [-0.4, -0.2) is 54.6 Å². The van der Waals surface area contributed by atoms with Gasteiger partial charge in [0.1, 0.15) is 5.82 Å². The first-order valence-corrected chi connectivity index (χ1v) is 9.73. The van der Waals surface area contributed by atoms with E-state index in [1.807, 2.05) is 17.0 Å². The number of carbonyl (C=O) groups excluding carboxylic acids is 1. The number of nitrogens with one attached hydrogen (secondary N) is 1. The molecule has 1 N–H and O–H groups in total. The lowest BCUT2D eigenvalue weighted by Gasteiger charge is -2.36. The van der Waals surface area contributed by atoms with Crippen molar-refractivity contribution in [2.24, 2.45) is 0 Å². The smallest absolute Gasteiger partial charge is 0.317 e. The summed E-state index contributed by atoms with van der Waals surface area (Å²) in [5.41, 5.74) is 0.799. The molecule has 2 aliphatic rings. The Morgan fingerprint density at radius 1 is 1.08 bits per heavy atom. The average Bonchev–Trinajstić information content (AvgIpc) is 2.65. The first-order valence-electron chi connectivity index (χ1n) is 9.73. The SMILES string of the molecule is O=C(NC1CCCCC1)N1CCN(CCCc2ccccc2F)CC1. The molecule has 1 saturated heterocycles. The molecule has 1 aromatic rings. The predicted molar refractivity (Wildman–Crippen MR) is 98.1 cm³/mol. The van der Waals surface area contributed by atoms with Gasteiger partial charge in [0.2, 0.25) is 0 Å². The zero-order chi connectivity index (χ0) is 17.5. The van der Waals surface area contributed by atoms with Crippen LogP contribution in [0, 0.1) is 5.82 Å². The van der Waals surface area contributed by atoms with Crippen LogP contribution in [0.25, 0.3) is 0 Å². The Morgan fingerprint density at radius 2 is 1.80 bits per heavy atom. The molecular formula is C20H30FN3O. The fraction of sp³-hybridized carbons (Fsp3) is 0.650. The van der Waals surface area contributed by atoms with E-state index >= 15 is 0 Å². The van der Waals surface area contributed by atoms with Gasteiger partial charge in [-0.25, -0.2) is 9.18 Å². The number of hydrogen-bond donors (Lipinski definition) is 1. The van der Waals surface area contributed by atoms with Crippen molar-refractivity contribution >= 4 is 6.03 Å². The minimum Gasteiger partial charge on any atom is -0.335 e. The molecule has 2 amide bonds. The van der Waals surface area contributed by atoms with Crippen LogP contribution < -0.4 is 5.32 Å². The summed E-state index contributed by atoms with van der Waals surface area (Å²) in [6.07, 6.45) is 7.76. The molecule has 4 nitrogen and oxygen atoms in total. The van der Waals surface area contributed by atoms with E-state index in [4.69, 9.17) is 0 Å². The Kier molecular flexibility index (Phi) is 6.68. The van der Waals surface area contributed by atoms with Crippen molar-refractivity contribution in [1.29, 1.82) is 0 Å². The van der Waals surface area contributed by atoms with Crippen molar-refractivity contribution in [2.75, 3.05) is 32.7 Å². The third-order valence-electron chi connectivity index (χ3n) is 5.47. The first kappa shape index (κ1) is 18.2. The van der Waals surface area contributed by atoms with E-state index < -0.39 is 0 Å². The normalized spacial score (nSPS) is 19.8. The fourth-order valence-electron chi connectivity index (χ4n) is 3.88. The highest BCUT2D eigenvalue weighted by molar-refractivity contribution is 5.74. The molecule has 5 heteroatoms. The van der Waals surface area contributed by atoms with Crippen LogP contribution in [0.4, 0.5) is 9.18 Å². The summed E-state index contributed by atoms with van der Waals surface area (Å²) < 4.78 is 13.6. The van der Waals surface area contributed by atoms with Gasteiger partial charge in [0, 0.05) is 32.2 Å². The Balaban J connectivity index is 1.34. The summed E-state index contributed by atoms with van der Waals surface area (Å²) in [5, 5.41) is 3.20. The highest BCUT2D eigenvalue weighted by atomic mass is 19.1. The first-order chi connectivity index (χ1) is 12.2. The van der Waals surface area contributed by atoms with Crippen molar-refractivity contribution < 1.29 is 9.18 Å². The molecule has 1 saturated carbocycles. The molecule has 0 atom stereocenters. The number of urea groups is 1. The Bertz CT molecular complexity index is 552. The molecule has 1 aliphatic heterocycles. The summed E-state index contributed by atoms with van der Waals surface area (Å²) in [4.78, 5) is 16.7. The van der Waals surface area contributed by atoms with Crippen LogP contribution in [0.2, 0.25) is 0 Å². The van der Waals surface area contributed by atoms with E-state index in [0.29, 0.717) is 6.04 Å². The maximum absolute atomic E-state index is 13.6. The molecule has 0 aromatic heterocycles. The zero-order valence-electron chi connectivity index (χ0n) is 15.1. The van der Waals surface area contributed by atoms with E-state index in [9.17, 15) is 9.18 Å². The minimum absolute atomic E-state index is 0.105. The number of halogens is 1. The van der Waals surface area contributed by atoms with Gasteiger partial charge in [-0.15, -0.1) is 0 Å². The standard InChI is InChI=1S/C20H30FN3O/c21-19-11-5-4-7-17(19)8-6-12-23-13-15-24(16-14-23)20(25)22-18-9-2-1-3-10-18/h4-5,7,11,18H,1-3,6,8-10,12-16H2,(H,22,25). The van der Waals surface area contributed by atoms with Gasteiger partial charge in [0.05, 0.1) is 0 Å². The molecule has 3 rings (SSSR count). The summed E-state index contributed by atoms with van der Waals surface area (Å²) in [6, 6.07) is 7.50. The van der Waals surface area contributed by atoms with Gasteiger partial charge in [0.15, 0.2) is 0 Å². The highest BCUT2D eigenvalue weighted by Gasteiger charge is 2.23. The van der Waals surface area contributed by atoms with Crippen LogP contribution in [0.5, 0.6) is 0 Å². The van der Waals surface area contributed by atoms with Crippen molar-refractivity contribution in [3.63, 3.8) is 0 Å². The third-order valence-corrected chi connectivity index (χ3v) is 5.47. The van der Waals surface area contributed by atoms with E-state index in [1.165, 1.54) is 25.3 Å². The van der Waals surface area contributed by atoms with Crippen LogP contribution in [0.15, 0.2) is 24.3 Å². The van der Waals surface area contributed by atoms with E-state index in [1.54, 1.807) is 6.07 Å². The maximum atomic E-state index is 13.6. The summed E-state index contributed by atoms with van der Waals surface area (Å²) in [5.74, 6) is -0.105. The van der Waals surface area contributed by atoms with Crippen LogP contribution in [0.1, 0.15) is 44.1 Å². The number of piperazine rings is 1. The zero-order valence-corrected chi connectivity index (χ0v) is 15.1. The second-order valence-corrected chi connectivity index (χ2v) is 7.31. The van der Waals surface area contributed by atoms with Crippen LogP contribution in [-0.2, 0) is 6.42 Å². The predicted octanol–water partition coefficient (Wildman–Crippen LogP) is 3.42. The highest BCUT2D eigenvalue weighted by Crippen LogP contribution is 2.18. The number of hydrogen-bond acceptors (Lipinski definition) is 2. The Hall–Kier alpha value is -1.62. The molecule has 1 heterocycles. The molecular weight excluding hydrogens is 317 g/mol. The van der Waals surface area contributed by atoms with Crippen LogP contribution in [0.3, 0.4) is 0 Å². The van der Waals surface area contributed by atoms with Crippen molar-refractivity contribution in [1.82, 2.24) is 15.1 Å². The third kappa shape index (κ3) is 5.43. The van der Waals surface area contributed by atoms with Gasteiger partial charge in [-0.2, -0.15) is 0 Å². The lowest BCUT2D eigenvalue weighted by atomic mass is 9.96. The molecule has 138 valence electrons. The largest absolute Gasteiger partial charge is 0.335 e. The van der Waals surface area contributed by atoms with Gasteiger partial charge in [0.25, 0.3) is 0 Å². The van der Waals surface area contributed by atoms with Crippen molar-refractivity contribution in [3.05, 3.63) is 35.6 Å². The lowest BCUT2D eigenvalue weighted by molar-refractivity contribution is 0.135. The van der Waals surface area contributed by atoms with E-state index in [-0.39, 0.29) is 11.8 Å². The summed E-state index contributed by atoms with van der Waals surface area (Å²) in [6.45, 7) is 4.37. The molecule has 0 spiro atoms. The number of rotatable bonds is 5. The fourth-order valence-corrected chi connectivity index (χ4v) is 3.88. The van der Waals surface area contributed by atoms with Gasteiger partial charge < -0.3 is 10.2 Å². The quantitative estimate of drug-likeness (QED) is 0.886. The van der Waals surface area contributed by atoms with Crippen molar-refractivity contribution in [2.45, 2.75) is 51.0 Å². The molecule has 0 unspecified atom stereocenters. The molecule has 25 heavy (non-hydrogen) atoms. The topological polar surface area (TPSA) is 35.6 Å². The number of nitrogens with zero attached hydrogens (tertiary/aromatic N) is 2. The second-order valence-electron chi connectivity index (χ2n) is 7.31. The monoisotopic (exact) mass is 347 g/mol. The average molecular weight is 347 g/mol. The van der Waals surface area contributed by atoms with Gasteiger partial charge >= 0.3 is 6.03 Å². The molecule has 0 bridgehead atoms.